The molecule has 158 valence electrons. The molecular formula is C24H28N2O3S. The molecule has 0 bridgehead atoms. The number of anilines is 1. The highest BCUT2D eigenvalue weighted by molar-refractivity contribution is 7.94. The standard InChI is InChI=1S/C24H28N2O3S/c1-4-26(19(2)27)24-13-12-20(17-21(24)18-22-9-8-15-25(22)3)14-16-30(28,29)23-10-6-5-7-11-23/h4-7,10-14,16-17,22H,1,8-9,15,18H2,2-3H3/b16-14+. The molecule has 5 nitrogen and oxygen atoms in total. The molecule has 6 heteroatoms. The molecule has 1 unspecified atom stereocenters. The summed E-state index contributed by atoms with van der Waals surface area (Å²) in [6.07, 6.45) is 6.18. The number of sulfone groups is 1. The van der Waals surface area contributed by atoms with E-state index in [1.165, 1.54) is 18.5 Å². The van der Waals surface area contributed by atoms with Crippen molar-refractivity contribution in [2.45, 2.75) is 37.1 Å². The van der Waals surface area contributed by atoms with Crippen LogP contribution in [0.1, 0.15) is 30.9 Å². The van der Waals surface area contributed by atoms with Gasteiger partial charge in [-0.3, -0.25) is 9.69 Å². The Balaban J connectivity index is 1.95. The van der Waals surface area contributed by atoms with Crippen molar-refractivity contribution in [1.29, 1.82) is 0 Å². The number of rotatable bonds is 7. The molecule has 1 amide bonds. The lowest BCUT2D eigenvalue weighted by Gasteiger charge is -2.24. The van der Waals surface area contributed by atoms with E-state index in [4.69, 9.17) is 0 Å². The Labute approximate surface area is 179 Å². The maximum absolute atomic E-state index is 12.6. The van der Waals surface area contributed by atoms with Crippen molar-refractivity contribution in [3.8, 4) is 0 Å². The lowest BCUT2D eigenvalue weighted by Crippen LogP contribution is -2.29. The van der Waals surface area contributed by atoms with Gasteiger partial charge in [-0.25, -0.2) is 8.42 Å². The molecule has 1 saturated heterocycles. The van der Waals surface area contributed by atoms with Gasteiger partial charge >= 0.3 is 0 Å². The fourth-order valence-electron chi connectivity index (χ4n) is 3.85. The molecule has 2 aromatic rings. The number of carbonyl (C=O) groups excluding carboxylic acids is 1. The van der Waals surface area contributed by atoms with Crippen LogP contribution in [0.3, 0.4) is 0 Å². The van der Waals surface area contributed by atoms with Crippen molar-refractivity contribution in [3.63, 3.8) is 0 Å². The Bertz CT molecular complexity index is 1050. The monoisotopic (exact) mass is 424 g/mol. The van der Waals surface area contributed by atoms with Crippen LogP contribution >= 0.6 is 0 Å². The van der Waals surface area contributed by atoms with Crippen LogP contribution in [0.5, 0.6) is 0 Å². The first-order chi connectivity index (χ1) is 14.3. The zero-order valence-corrected chi connectivity index (χ0v) is 18.3. The number of nitrogens with zero attached hydrogens (tertiary/aromatic N) is 2. The van der Waals surface area contributed by atoms with Crippen LogP contribution in [0.4, 0.5) is 5.69 Å². The summed E-state index contributed by atoms with van der Waals surface area (Å²) in [4.78, 5) is 16.2. The quantitative estimate of drug-likeness (QED) is 0.666. The highest BCUT2D eigenvalue weighted by Crippen LogP contribution is 2.28. The molecule has 3 rings (SSSR count). The Morgan fingerprint density at radius 3 is 2.57 bits per heavy atom. The van der Waals surface area contributed by atoms with E-state index in [9.17, 15) is 13.2 Å². The highest BCUT2D eigenvalue weighted by Gasteiger charge is 2.23. The molecule has 0 spiro atoms. The second-order valence-corrected chi connectivity index (χ2v) is 9.43. The molecule has 0 N–H and O–H groups in total. The van der Waals surface area contributed by atoms with E-state index in [1.54, 1.807) is 41.3 Å². The van der Waals surface area contributed by atoms with E-state index in [0.29, 0.717) is 6.04 Å². The minimum absolute atomic E-state index is 0.110. The fourth-order valence-corrected chi connectivity index (χ4v) is 4.88. The zero-order chi connectivity index (χ0) is 21.7. The lowest BCUT2D eigenvalue weighted by molar-refractivity contribution is -0.116. The summed E-state index contributed by atoms with van der Waals surface area (Å²) in [5.74, 6) is -0.110. The third-order valence-electron chi connectivity index (χ3n) is 5.52. The van der Waals surface area contributed by atoms with Gasteiger partial charge in [0.1, 0.15) is 0 Å². The number of likely N-dealkylation sites (tertiary alicyclic amines) is 1. The van der Waals surface area contributed by atoms with Crippen LogP contribution in [0.15, 0.2) is 71.6 Å². The third kappa shape index (κ3) is 5.07. The Kier molecular flexibility index (Phi) is 6.90. The Hall–Kier alpha value is -2.70. The summed E-state index contributed by atoms with van der Waals surface area (Å²) in [6, 6.07) is 14.4. The third-order valence-corrected chi connectivity index (χ3v) is 6.95. The maximum atomic E-state index is 12.6. The van der Waals surface area contributed by atoms with Gasteiger partial charge in [-0.15, -0.1) is 0 Å². The molecule has 1 fully saturated rings. The van der Waals surface area contributed by atoms with Gasteiger partial charge in [-0.1, -0.05) is 30.8 Å². The first kappa shape index (κ1) is 22.0. The van der Waals surface area contributed by atoms with Gasteiger partial charge in [0.05, 0.1) is 10.6 Å². The first-order valence-corrected chi connectivity index (χ1v) is 11.6. The molecule has 1 aliphatic rings. The zero-order valence-electron chi connectivity index (χ0n) is 17.5. The van der Waals surface area contributed by atoms with Crippen molar-refractivity contribution in [3.05, 3.63) is 77.8 Å². The van der Waals surface area contributed by atoms with E-state index >= 15 is 0 Å². The minimum Gasteiger partial charge on any atom is -0.303 e. The summed E-state index contributed by atoms with van der Waals surface area (Å²) in [6.45, 7) is 6.34. The molecule has 1 heterocycles. The van der Waals surface area contributed by atoms with Gasteiger partial charge < -0.3 is 4.90 Å². The molecule has 0 saturated carbocycles. The second kappa shape index (κ2) is 9.41. The van der Waals surface area contributed by atoms with Crippen molar-refractivity contribution in [2.24, 2.45) is 0 Å². The summed E-state index contributed by atoms with van der Waals surface area (Å²) >= 11 is 0. The smallest absolute Gasteiger partial charge is 0.227 e. The molecule has 0 aromatic heterocycles. The first-order valence-electron chi connectivity index (χ1n) is 10.1. The van der Waals surface area contributed by atoms with Gasteiger partial charge in [-0.2, -0.15) is 0 Å². The molecular weight excluding hydrogens is 396 g/mol. The summed E-state index contributed by atoms with van der Waals surface area (Å²) < 4.78 is 25.1. The number of likely N-dealkylation sites (N-methyl/N-ethyl adjacent to an activating group) is 1. The summed E-state index contributed by atoms with van der Waals surface area (Å²) in [5, 5.41) is 1.24. The van der Waals surface area contributed by atoms with Crippen molar-refractivity contribution in [2.75, 3.05) is 18.5 Å². The summed E-state index contributed by atoms with van der Waals surface area (Å²) in [5.41, 5.74) is 2.57. The van der Waals surface area contributed by atoms with E-state index in [2.05, 4.69) is 18.5 Å². The fraction of sp³-hybridized carbons (Fsp3) is 0.292. The van der Waals surface area contributed by atoms with Crippen LogP contribution in [0.25, 0.3) is 6.08 Å². The average Bonchev–Trinajstić information content (AvgIpc) is 3.13. The van der Waals surface area contributed by atoms with Crippen molar-refractivity contribution >= 4 is 27.5 Å². The van der Waals surface area contributed by atoms with E-state index in [-0.39, 0.29) is 10.8 Å². The Morgan fingerprint density at radius 1 is 1.23 bits per heavy atom. The lowest BCUT2D eigenvalue weighted by atomic mass is 9.99. The van der Waals surface area contributed by atoms with Gasteiger partial charge in [-0.05, 0) is 74.3 Å². The number of carbonyl (C=O) groups is 1. The van der Waals surface area contributed by atoms with E-state index in [0.717, 1.165) is 42.6 Å². The maximum Gasteiger partial charge on any atom is 0.227 e. The molecule has 0 radical (unpaired) electrons. The van der Waals surface area contributed by atoms with E-state index in [1.807, 2.05) is 18.2 Å². The molecule has 1 atom stereocenters. The number of hydrogen-bond donors (Lipinski definition) is 0. The van der Waals surface area contributed by atoms with Crippen molar-refractivity contribution in [1.82, 2.24) is 4.90 Å². The number of benzene rings is 2. The molecule has 0 aliphatic carbocycles. The normalized spacial score (nSPS) is 17.3. The average molecular weight is 425 g/mol. The van der Waals surface area contributed by atoms with Gasteiger partial charge in [0.2, 0.25) is 5.91 Å². The SMILES string of the molecule is C=CN(C(C)=O)c1ccc(/C=C/S(=O)(=O)c2ccccc2)cc1CC1CCCN1C. The molecule has 1 aliphatic heterocycles. The van der Waals surface area contributed by atoms with Gasteiger partial charge in [0, 0.05) is 24.6 Å². The molecule has 30 heavy (non-hydrogen) atoms. The van der Waals surface area contributed by atoms with Crippen LogP contribution in [-0.2, 0) is 21.1 Å². The van der Waals surface area contributed by atoms with E-state index < -0.39 is 9.84 Å². The predicted octanol–water partition coefficient (Wildman–Crippen LogP) is 4.26. The topological polar surface area (TPSA) is 57.7 Å². The van der Waals surface area contributed by atoms with Gasteiger partial charge in [0.25, 0.3) is 0 Å². The number of hydrogen-bond acceptors (Lipinski definition) is 4. The predicted molar refractivity (Wildman–Crippen MR) is 122 cm³/mol. The second-order valence-electron chi connectivity index (χ2n) is 7.60. The molecule has 2 aromatic carbocycles. The van der Waals surface area contributed by atoms with Crippen LogP contribution in [-0.4, -0.2) is 38.9 Å². The van der Waals surface area contributed by atoms with Crippen LogP contribution < -0.4 is 4.90 Å². The highest BCUT2D eigenvalue weighted by atomic mass is 32.2. The summed E-state index contributed by atoms with van der Waals surface area (Å²) in [7, 11) is -1.40. The van der Waals surface area contributed by atoms with Crippen molar-refractivity contribution < 1.29 is 13.2 Å². The van der Waals surface area contributed by atoms with Crippen LogP contribution in [0.2, 0.25) is 0 Å². The van der Waals surface area contributed by atoms with Crippen LogP contribution in [0, 0.1) is 0 Å². The van der Waals surface area contributed by atoms with Gasteiger partial charge in [0.15, 0.2) is 9.84 Å². The largest absolute Gasteiger partial charge is 0.303 e. The Morgan fingerprint density at radius 2 is 1.97 bits per heavy atom. The number of amides is 1. The minimum atomic E-state index is -3.52.